The summed E-state index contributed by atoms with van der Waals surface area (Å²) >= 11 is 1.96. The van der Waals surface area contributed by atoms with Crippen LogP contribution < -0.4 is 5.32 Å². The molecule has 1 atom stereocenters. The summed E-state index contributed by atoms with van der Waals surface area (Å²) in [5.41, 5.74) is 0. The van der Waals surface area contributed by atoms with E-state index in [2.05, 4.69) is 22.1 Å². The van der Waals surface area contributed by atoms with Crippen molar-refractivity contribution in [1.29, 1.82) is 0 Å². The van der Waals surface area contributed by atoms with E-state index in [1.165, 1.54) is 11.8 Å². The molecule has 1 unspecified atom stereocenters. The fourth-order valence-corrected chi connectivity index (χ4v) is 4.76. The molecule has 1 N–H and O–H groups in total. The van der Waals surface area contributed by atoms with Crippen LogP contribution in [-0.4, -0.2) is 91.5 Å². The van der Waals surface area contributed by atoms with E-state index in [0.717, 1.165) is 44.3 Å². The molecule has 0 aromatic rings. The highest BCUT2D eigenvalue weighted by molar-refractivity contribution is 14.0. The van der Waals surface area contributed by atoms with Gasteiger partial charge in [0.1, 0.15) is 6.04 Å². The quantitative estimate of drug-likeness (QED) is 0.340. The first-order chi connectivity index (χ1) is 12.3. The molecular formula is C17H32F3IN4OS. The zero-order valence-electron chi connectivity index (χ0n) is 16.3. The monoisotopic (exact) mass is 524 g/mol. The van der Waals surface area contributed by atoms with Crippen molar-refractivity contribution in [3.8, 4) is 0 Å². The molecule has 2 heterocycles. The minimum atomic E-state index is -4.17. The fourth-order valence-electron chi connectivity index (χ4n) is 3.52. The highest BCUT2D eigenvalue weighted by Crippen LogP contribution is 2.34. The summed E-state index contributed by atoms with van der Waals surface area (Å²) in [5.74, 6) is 1.83. The Balaban J connectivity index is 0.00000364. The zero-order valence-corrected chi connectivity index (χ0v) is 19.5. The Bertz CT molecular complexity index is 462. The van der Waals surface area contributed by atoms with Gasteiger partial charge in [-0.2, -0.15) is 24.9 Å². The van der Waals surface area contributed by atoms with Crippen LogP contribution in [0.15, 0.2) is 4.99 Å². The summed E-state index contributed by atoms with van der Waals surface area (Å²) in [6.07, 6.45) is -2.16. The number of aliphatic imine (C=N–C) groups is 1. The zero-order chi connectivity index (χ0) is 19.2. The third-order valence-corrected chi connectivity index (χ3v) is 6.72. The van der Waals surface area contributed by atoms with Crippen molar-refractivity contribution in [2.24, 2.45) is 4.99 Å². The van der Waals surface area contributed by atoms with Crippen molar-refractivity contribution in [1.82, 2.24) is 15.1 Å². The predicted molar refractivity (Wildman–Crippen MR) is 116 cm³/mol. The topological polar surface area (TPSA) is 40.1 Å². The Kier molecular flexibility index (Phi) is 10.5. The van der Waals surface area contributed by atoms with Crippen LogP contribution in [0, 0.1) is 0 Å². The Morgan fingerprint density at radius 1 is 1.22 bits per heavy atom. The van der Waals surface area contributed by atoms with Crippen LogP contribution in [0.25, 0.3) is 0 Å². The standard InChI is InChI=1S/C17H31F3N4OS.HI/c1-4-26-16(5-11-25-12-6-16)13-22-15(21-3)24-9-7-23(8-10-24)14(2)17(18,19)20;/h14H,4-13H2,1-3H3,(H,21,22);1H. The van der Waals surface area contributed by atoms with Gasteiger partial charge in [0.25, 0.3) is 0 Å². The molecular weight excluding hydrogens is 492 g/mol. The van der Waals surface area contributed by atoms with Gasteiger partial charge in [-0.15, -0.1) is 24.0 Å². The van der Waals surface area contributed by atoms with Crippen LogP contribution >= 0.6 is 35.7 Å². The molecule has 10 heteroatoms. The minimum Gasteiger partial charge on any atom is -0.381 e. The third-order valence-electron chi connectivity index (χ3n) is 5.27. The molecule has 2 rings (SSSR count). The molecule has 27 heavy (non-hydrogen) atoms. The Hall–Kier alpha value is 0.0600. The van der Waals surface area contributed by atoms with Crippen molar-refractivity contribution in [2.75, 3.05) is 58.7 Å². The molecule has 0 saturated carbocycles. The highest BCUT2D eigenvalue weighted by Gasteiger charge is 2.41. The molecule has 0 aliphatic carbocycles. The molecule has 0 bridgehead atoms. The van der Waals surface area contributed by atoms with E-state index < -0.39 is 12.2 Å². The van der Waals surface area contributed by atoms with Crippen LogP contribution in [-0.2, 0) is 4.74 Å². The maximum atomic E-state index is 12.9. The molecule has 0 radical (unpaired) electrons. The van der Waals surface area contributed by atoms with Crippen LogP contribution in [0.5, 0.6) is 0 Å². The van der Waals surface area contributed by atoms with Crippen molar-refractivity contribution in [3.05, 3.63) is 0 Å². The van der Waals surface area contributed by atoms with E-state index in [0.29, 0.717) is 26.2 Å². The number of thioether (sulfide) groups is 1. The second kappa shape index (κ2) is 11.3. The van der Waals surface area contributed by atoms with E-state index in [1.54, 1.807) is 7.05 Å². The Morgan fingerprint density at radius 2 is 1.81 bits per heavy atom. The summed E-state index contributed by atoms with van der Waals surface area (Å²) in [6.45, 7) is 7.66. The average Bonchev–Trinajstić information content (AvgIpc) is 2.62. The lowest BCUT2D eigenvalue weighted by molar-refractivity contribution is -0.181. The molecule has 160 valence electrons. The second-order valence-electron chi connectivity index (χ2n) is 6.87. The predicted octanol–water partition coefficient (Wildman–Crippen LogP) is 3.05. The van der Waals surface area contributed by atoms with Gasteiger partial charge in [0, 0.05) is 57.7 Å². The van der Waals surface area contributed by atoms with Crippen LogP contribution in [0.3, 0.4) is 0 Å². The molecule has 2 fully saturated rings. The number of alkyl halides is 3. The van der Waals surface area contributed by atoms with E-state index in [-0.39, 0.29) is 28.7 Å². The average molecular weight is 524 g/mol. The number of ether oxygens (including phenoxy) is 1. The van der Waals surface area contributed by atoms with Crippen molar-refractivity contribution in [3.63, 3.8) is 0 Å². The second-order valence-corrected chi connectivity index (χ2v) is 8.60. The van der Waals surface area contributed by atoms with Crippen molar-refractivity contribution in [2.45, 2.75) is 43.7 Å². The first kappa shape index (κ1) is 25.1. The van der Waals surface area contributed by atoms with Crippen molar-refractivity contribution >= 4 is 41.7 Å². The van der Waals surface area contributed by atoms with E-state index in [1.807, 2.05) is 11.8 Å². The molecule has 0 aromatic heterocycles. The molecule has 0 amide bonds. The number of nitrogens with one attached hydrogen (secondary N) is 1. The van der Waals surface area contributed by atoms with Crippen LogP contribution in [0.4, 0.5) is 13.2 Å². The lowest BCUT2D eigenvalue weighted by Crippen LogP contribution is -2.58. The summed E-state index contributed by atoms with van der Waals surface area (Å²) in [6, 6.07) is -1.40. The largest absolute Gasteiger partial charge is 0.403 e. The normalized spacial score (nSPS) is 22.9. The molecule has 2 saturated heterocycles. The van der Waals surface area contributed by atoms with Gasteiger partial charge < -0.3 is 15.0 Å². The summed E-state index contributed by atoms with van der Waals surface area (Å²) in [7, 11) is 1.73. The molecule has 5 nitrogen and oxygen atoms in total. The highest BCUT2D eigenvalue weighted by atomic mass is 127. The van der Waals surface area contributed by atoms with E-state index in [9.17, 15) is 13.2 Å². The number of guanidine groups is 1. The summed E-state index contributed by atoms with van der Waals surface area (Å²) < 4.78 is 44.3. The van der Waals surface area contributed by atoms with Gasteiger partial charge in [-0.25, -0.2) is 0 Å². The number of hydrogen-bond donors (Lipinski definition) is 1. The molecule has 0 spiro atoms. The lowest BCUT2D eigenvalue weighted by Gasteiger charge is -2.41. The lowest BCUT2D eigenvalue weighted by atomic mass is 9.99. The van der Waals surface area contributed by atoms with Crippen LogP contribution in [0.2, 0.25) is 0 Å². The molecule has 2 aliphatic rings. The minimum absolute atomic E-state index is 0. The number of piperazine rings is 1. The van der Waals surface area contributed by atoms with Gasteiger partial charge in [-0.1, -0.05) is 6.92 Å². The Labute approximate surface area is 181 Å². The van der Waals surface area contributed by atoms with E-state index >= 15 is 0 Å². The Morgan fingerprint density at radius 3 is 2.30 bits per heavy atom. The summed E-state index contributed by atoms with van der Waals surface area (Å²) in [4.78, 5) is 7.91. The maximum Gasteiger partial charge on any atom is 0.403 e. The number of rotatable bonds is 5. The van der Waals surface area contributed by atoms with Gasteiger partial charge in [0.15, 0.2) is 5.96 Å². The van der Waals surface area contributed by atoms with Gasteiger partial charge in [-0.3, -0.25) is 9.89 Å². The third kappa shape index (κ3) is 7.11. The van der Waals surface area contributed by atoms with Crippen molar-refractivity contribution < 1.29 is 17.9 Å². The van der Waals surface area contributed by atoms with Gasteiger partial charge >= 0.3 is 6.18 Å². The first-order valence-electron chi connectivity index (χ1n) is 9.29. The van der Waals surface area contributed by atoms with Gasteiger partial charge in [-0.05, 0) is 25.5 Å². The maximum absolute atomic E-state index is 12.9. The SMILES string of the molecule is CCSC1(CNC(=NC)N2CCN(C(C)C(F)(F)F)CC2)CCOCC1.I. The molecule has 0 aromatic carbocycles. The van der Waals surface area contributed by atoms with Gasteiger partial charge in [0.05, 0.1) is 0 Å². The smallest absolute Gasteiger partial charge is 0.381 e. The number of hydrogen-bond acceptors (Lipinski definition) is 4. The number of halogens is 4. The van der Waals surface area contributed by atoms with Gasteiger partial charge in [0.2, 0.25) is 0 Å². The first-order valence-corrected chi connectivity index (χ1v) is 10.3. The van der Waals surface area contributed by atoms with Crippen LogP contribution in [0.1, 0.15) is 26.7 Å². The molecule has 2 aliphatic heterocycles. The van der Waals surface area contributed by atoms with E-state index in [4.69, 9.17) is 4.74 Å². The fraction of sp³-hybridized carbons (Fsp3) is 0.941. The number of nitrogens with zero attached hydrogens (tertiary/aromatic N) is 3. The summed E-state index contributed by atoms with van der Waals surface area (Å²) in [5, 5.41) is 3.47.